The van der Waals surface area contributed by atoms with Gasteiger partial charge in [-0.15, -0.1) is 0 Å². The number of nitro benzene ring substituents is 1. The Labute approximate surface area is 158 Å². The van der Waals surface area contributed by atoms with E-state index < -0.39 is 29.1 Å². The van der Waals surface area contributed by atoms with Crippen molar-refractivity contribution in [3.05, 3.63) is 75.1 Å². The van der Waals surface area contributed by atoms with Gasteiger partial charge in [-0.05, 0) is 18.2 Å². The lowest BCUT2D eigenvalue weighted by Crippen LogP contribution is -2.13. The molecule has 28 heavy (non-hydrogen) atoms. The molecule has 0 aliphatic carbocycles. The Morgan fingerprint density at radius 1 is 1.29 bits per heavy atom. The van der Waals surface area contributed by atoms with Crippen LogP contribution in [0.3, 0.4) is 0 Å². The fraction of sp³-hybridized carbons (Fsp3) is 0.158. The Kier molecular flexibility index (Phi) is 5.75. The third kappa shape index (κ3) is 4.57. The van der Waals surface area contributed by atoms with E-state index in [0.29, 0.717) is 16.9 Å². The number of halogens is 1. The molecule has 0 aromatic heterocycles. The normalized spacial score (nSPS) is 12.9. The number of carbonyl (C=O) groups is 2. The maximum Gasteiger partial charge on any atom is 0.331 e. The molecule has 0 amide bonds. The zero-order chi connectivity index (χ0) is 20.1. The Morgan fingerprint density at radius 3 is 2.86 bits per heavy atom. The van der Waals surface area contributed by atoms with Crippen molar-refractivity contribution in [1.82, 2.24) is 0 Å². The van der Waals surface area contributed by atoms with Crippen LogP contribution in [0.2, 0.25) is 0 Å². The van der Waals surface area contributed by atoms with E-state index in [9.17, 15) is 24.1 Å². The van der Waals surface area contributed by atoms with Gasteiger partial charge in [0.05, 0.1) is 11.5 Å². The molecule has 1 aliphatic rings. The molecule has 8 nitrogen and oxygen atoms in total. The molecule has 0 saturated heterocycles. The predicted molar refractivity (Wildman–Crippen MR) is 94.1 cm³/mol. The Hall–Kier alpha value is -3.59. The van der Waals surface area contributed by atoms with E-state index in [1.54, 1.807) is 0 Å². The first-order valence-electron chi connectivity index (χ1n) is 8.09. The number of hydrogen-bond acceptors (Lipinski definition) is 7. The number of benzene rings is 2. The minimum atomic E-state index is -0.836. The highest BCUT2D eigenvalue weighted by Crippen LogP contribution is 2.33. The van der Waals surface area contributed by atoms with Crippen molar-refractivity contribution in [2.45, 2.75) is 6.61 Å². The second-order valence-electron chi connectivity index (χ2n) is 5.77. The summed E-state index contributed by atoms with van der Waals surface area (Å²) in [6, 6.07) is 7.61. The van der Waals surface area contributed by atoms with Crippen LogP contribution in [-0.4, -0.2) is 30.1 Å². The second-order valence-corrected chi connectivity index (χ2v) is 5.77. The molecular formula is C19H14FNO7. The zero-order valence-corrected chi connectivity index (χ0v) is 14.4. The van der Waals surface area contributed by atoms with E-state index in [-0.39, 0.29) is 24.7 Å². The summed E-state index contributed by atoms with van der Waals surface area (Å²) in [5.41, 5.74) is 0.690. The van der Waals surface area contributed by atoms with E-state index in [1.807, 2.05) is 0 Å². The van der Waals surface area contributed by atoms with Gasteiger partial charge < -0.3 is 14.2 Å². The highest BCUT2D eigenvalue weighted by Gasteiger charge is 2.20. The smallest absolute Gasteiger partial charge is 0.331 e. The van der Waals surface area contributed by atoms with Gasteiger partial charge in [-0.3, -0.25) is 14.9 Å². The molecule has 0 atom stereocenters. The van der Waals surface area contributed by atoms with Crippen LogP contribution >= 0.6 is 0 Å². The Balaban J connectivity index is 1.69. The van der Waals surface area contributed by atoms with E-state index >= 15 is 0 Å². The van der Waals surface area contributed by atoms with Crippen LogP contribution in [0.15, 0.2) is 42.5 Å². The number of nitro groups is 1. The van der Waals surface area contributed by atoms with E-state index in [1.165, 1.54) is 36.4 Å². The monoisotopic (exact) mass is 387 g/mol. The number of nitrogens with zero attached hydrogens (tertiary/aromatic N) is 1. The number of fused-ring (bicyclic) bond motifs is 1. The molecule has 2 aromatic rings. The summed E-state index contributed by atoms with van der Waals surface area (Å²) >= 11 is 0. The van der Waals surface area contributed by atoms with Crippen molar-refractivity contribution in [1.29, 1.82) is 0 Å². The third-order valence-electron chi connectivity index (χ3n) is 3.83. The van der Waals surface area contributed by atoms with Gasteiger partial charge in [0, 0.05) is 34.9 Å². The lowest BCUT2D eigenvalue weighted by atomic mass is 10.1. The summed E-state index contributed by atoms with van der Waals surface area (Å²) in [6.45, 7) is -0.438. The Morgan fingerprint density at radius 2 is 2.11 bits per heavy atom. The first kappa shape index (κ1) is 19.2. The maximum absolute atomic E-state index is 13.1. The molecule has 0 fully saturated rings. The number of Topliss-reactive ketones (excluding diaryl/α,β-unsaturated/α-hetero) is 1. The van der Waals surface area contributed by atoms with E-state index in [4.69, 9.17) is 14.2 Å². The molecule has 144 valence electrons. The van der Waals surface area contributed by atoms with Crippen molar-refractivity contribution in [3.63, 3.8) is 0 Å². The molecule has 9 heteroatoms. The van der Waals surface area contributed by atoms with Gasteiger partial charge in [0.25, 0.3) is 5.69 Å². The van der Waals surface area contributed by atoms with Gasteiger partial charge in [-0.1, -0.05) is 12.1 Å². The van der Waals surface area contributed by atoms with Crippen LogP contribution in [0.5, 0.6) is 5.75 Å². The summed E-state index contributed by atoms with van der Waals surface area (Å²) in [6.07, 6.45) is 2.32. The fourth-order valence-electron chi connectivity index (χ4n) is 2.55. The molecule has 2 aromatic carbocycles. The molecule has 3 rings (SSSR count). The average molecular weight is 387 g/mol. The molecule has 0 radical (unpaired) electrons. The summed E-state index contributed by atoms with van der Waals surface area (Å²) in [7, 11) is 0. The number of esters is 1. The number of hydrogen-bond donors (Lipinski definition) is 0. The van der Waals surface area contributed by atoms with Crippen molar-refractivity contribution in [2.24, 2.45) is 0 Å². The van der Waals surface area contributed by atoms with Crippen LogP contribution in [0, 0.1) is 15.9 Å². The highest BCUT2D eigenvalue weighted by atomic mass is 19.1. The molecule has 1 aliphatic heterocycles. The van der Waals surface area contributed by atoms with Gasteiger partial charge in [0.1, 0.15) is 11.6 Å². The van der Waals surface area contributed by atoms with Gasteiger partial charge >= 0.3 is 5.97 Å². The average Bonchev–Trinajstić information content (AvgIpc) is 2.69. The van der Waals surface area contributed by atoms with Crippen LogP contribution in [0.25, 0.3) is 6.08 Å². The van der Waals surface area contributed by atoms with Crippen molar-refractivity contribution < 1.29 is 33.1 Å². The first-order chi connectivity index (χ1) is 13.4. The van der Waals surface area contributed by atoms with Gasteiger partial charge in [-0.25, -0.2) is 9.18 Å². The summed E-state index contributed by atoms with van der Waals surface area (Å²) in [4.78, 5) is 34.3. The van der Waals surface area contributed by atoms with Gasteiger partial charge in [0.2, 0.25) is 0 Å². The van der Waals surface area contributed by atoms with Crippen molar-refractivity contribution in [2.75, 3.05) is 13.4 Å². The molecule has 1 heterocycles. The molecule has 0 spiro atoms. The minimum absolute atomic E-state index is 0.0156. The second kappa shape index (κ2) is 8.40. The lowest BCUT2D eigenvalue weighted by molar-refractivity contribution is -0.385. The van der Waals surface area contributed by atoms with Gasteiger partial charge in [-0.2, -0.15) is 0 Å². The van der Waals surface area contributed by atoms with E-state index in [2.05, 4.69) is 0 Å². The van der Waals surface area contributed by atoms with Crippen LogP contribution in [0.4, 0.5) is 10.1 Å². The van der Waals surface area contributed by atoms with Crippen molar-refractivity contribution in [3.8, 4) is 5.75 Å². The summed E-state index contributed by atoms with van der Waals surface area (Å²) < 4.78 is 28.4. The number of carbonyl (C=O) groups excluding carboxylic acids is 2. The highest BCUT2D eigenvalue weighted by molar-refractivity contribution is 5.99. The minimum Gasteiger partial charge on any atom is -0.467 e. The fourth-order valence-corrected chi connectivity index (χ4v) is 2.55. The molecule has 0 N–H and O–H groups in total. The predicted octanol–water partition coefficient (Wildman–Crippen LogP) is 3.04. The standard InChI is InChI=1S/C19H14FNO7/c20-15-3-1-2-12(6-15)17(22)10-27-18(23)5-4-13-7-16(21(24)25)8-14-9-26-11-28-19(13)14/h1-8H,9-11H2/b5-4+. The van der Waals surface area contributed by atoms with Crippen LogP contribution < -0.4 is 4.74 Å². The van der Waals surface area contributed by atoms with Crippen molar-refractivity contribution >= 4 is 23.5 Å². The summed E-state index contributed by atoms with van der Waals surface area (Å²) in [5, 5.41) is 11.1. The van der Waals surface area contributed by atoms with Gasteiger partial charge in [0.15, 0.2) is 19.2 Å². The third-order valence-corrected chi connectivity index (χ3v) is 3.83. The largest absolute Gasteiger partial charge is 0.467 e. The molecule has 0 bridgehead atoms. The number of rotatable bonds is 6. The van der Waals surface area contributed by atoms with Crippen LogP contribution in [0.1, 0.15) is 21.5 Å². The molecule has 0 unspecified atom stereocenters. The molecule has 0 saturated carbocycles. The zero-order valence-electron chi connectivity index (χ0n) is 14.4. The van der Waals surface area contributed by atoms with E-state index in [0.717, 1.165) is 12.1 Å². The maximum atomic E-state index is 13.1. The SMILES string of the molecule is O=C(/C=C/c1cc([N+](=O)[O-])cc2c1OCOC2)OCC(=O)c1cccc(F)c1. The molecular weight excluding hydrogens is 373 g/mol. The van der Waals surface area contributed by atoms with Crippen LogP contribution in [-0.2, 0) is 20.9 Å². The number of ether oxygens (including phenoxy) is 3. The topological polar surface area (TPSA) is 105 Å². The summed E-state index contributed by atoms with van der Waals surface area (Å²) in [5.74, 6) is -1.60. The lowest BCUT2D eigenvalue weighted by Gasteiger charge is -2.19. The number of non-ortho nitro benzene ring substituents is 1. The quantitative estimate of drug-likeness (QED) is 0.247. The Bertz CT molecular complexity index is 971. The number of ketones is 1. The first-order valence-corrected chi connectivity index (χ1v) is 8.09.